The Hall–Kier alpha value is -3.79. The van der Waals surface area contributed by atoms with Crippen molar-refractivity contribution in [3.05, 3.63) is 68.5 Å². The minimum Gasteiger partial charge on any atom is -0.497 e. The van der Waals surface area contributed by atoms with Crippen molar-refractivity contribution in [3.8, 4) is 5.75 Å². The van der Waals surface area contributed by atoms with Crippen LogP contribution in [-0.4, -0.2) is 27.9 Å². The molecule has 2 N–H and O–H groups in total. The molecule has 10 heteroatoms. The van der Waals surface area contributed by atoms with Crippen LogP contribution in [0.2, 0.25) is 0 Å². The molecule has 140 valence electrons. The number of nitro benzene ring substituents is 1. The van der Waals surface area contributed by atoms with Crippen LogP contribution in [0.3, 0.4) is 0 Å². The topological polar surface area (TPSA) is 127 Å². The zero-order valence-corrected chi connectivity index (χ0v) is 15.2. The Kier molecular flexibility index (Phi) is 4.24. The van der Waals surface area contributed by atoms with Crippen molar-refractivity contribution in [2.75, 3.05) is 12.4 Å². The molecule has 0 saturated carbocycles. The number of carbonyl (C=O) groups excluding carboxylic acids is 1. The van der Waals surface area contributed by atoms with Crippen molar-refractivity contribution in [2.45, 2.75) is 0 Å². The maximum absolute atomic E-state index is 12.8. The summed E-state index contributed by atoms with van der Waals surface area (Å²) < 4.78 is 5.99. The lowest BCUT2D eigenvalue weighted by Crippen LogP contribution is -2.16. The predicted octanol–water partition coefficient (Wildman–Crippen LogP) is 3.31. The number of anilines is 1. The molecule has 2 aromatic heterocycles. The molecule has 4 aromatic rings. The van der Waals surface area contributed by atoms with E-state index in [0.29, 0.717) is 21.9 Å². The van der Waals surface area contributed by atoms with Gasteiger partial charge in [-0.2, -0.15) is 0 Å². The monoisotopic (exact) mass is 396 g/mol. The van der Waals surface area contributed by atoms with E-state index in [-0.39, 0.29) is 16.6 Å². The number of nitrogens with zero attached hydrogens (tertiary/aromatic N) is 2. The van der Waals surface area contributed by atoms with Gasteiger partial charge in [0.25, 0.3) is 11.6 Å². The number of ether oxygens (including phenoxy) is 1. The van der Waals surface area contributed by atoms with Crippen molar-refractivity contribution in [3.63, 3.8) is 0 Å². The molecule has 2 heterocycles. The van der Waals surface area contributed by atoms with E-state index in [4.69, 9.17) is 4.74 Å². The average molecular weight is 396 g/mol. The number of aromatic amines is 1. The Morgan fingerprint density at radius 1 is 1.25 bits per heavy atom. The number of amides is 1. The van der Waals surface area contributed by atoms with Gasteiger partial charge < -0.3 is 9.72 Å². The van der Waals surface area contributed by atoms with Crippen LogP contribution in [0.15, 0.2) is 47.3 Å². The molecule has 28 heavy (non-hydrogen) atoms. The lowest BCUT2D eigenvalue weighted by molar-refractivity contribution is -0.384. The van der Waals surface area contributed by atoms with Crippen molar-refractivity contribution < 1.29 is 14.5 Å². The Morgan fingerprint density at radius 2 is 2.07 bits per heavy atom. The number of thiazole rings is 1. The summed E-state index contributed by atoms with van der Waals surface area (Å²) in [4.78, 5) is 42.1. The number of H-pyrrole nitrogens is 1. The molecule has 0 unspecified atom stereocenters. The number of methoxy groups -OCH3 is 1. The molecule has 0 saturated heterocycles. The summed E-state index contributed by atoms with van der Waals surface area (Å²) in [7, 11) is 1.56. The highest BCUT2D eigenvalue weighted by molar-refractivity contribution is 7.22. The fourth-order valence-corrected chi connectivity index (χ4v) is 3.68. The number of hydrogen-bond acceptors (Lipinski definition) is 7. The fraction of sp³-hybridized carbons (Fsp3) is 0.0556. The summed E-state index contributed by atoms with van der Waals surface area (Å²) >= 11 is 1.25. The summed E-state index contributed by atoms with van der Waals surface area (Å²) in [6.07, 6.45) is 0. The third kappa shape index (κ3) is 3.16. The second-order valence-corrected chi connectivity index (χ2v) is 6.87. The second kappa shape index (κ2) is 6.74. The Labute approximate surface area is 160 Å². The van der Waals surface area contributed by atoms with Crippen molar-refractivity contribution in [1.82, 2.24) is 9.97 Å². The molecule has 0 aliphatic rings. The molecule has 9 nitrogen and oxygen atoms in total. The van der Waals surface area contributed by atoms with Gasteiger partial charge in [-0.1, -0.05) is 11.3 Å². The van der Waals surface area contributed by atoms with Gasteiger partial charge in [-0.15, -0.1) is 0 Å². The number of pyridine rings is 1. The fourth-order valence-electron chi connectivity index (χ4n) is 2.79. The van der Waals surface area contributed by atoms with Gasteiger partial charge in [0.15, 0.2) is 5.13 Å². The zero-order valence-electron chi connectivity index (χ0n) is 14.4. The van der Waals surface area contributed by atoms with Gasteiger partial charge in [-0.3, -0.25) is 25.0 Å². The molecule has 0 radical (unpaired) electrons. The van der Waals surface area contributed by atoms with E-state index in [1.165, 1.54) is 29.5 Å². The number of hydrogen-bond donors (Lipinski definition) is 2. The lowest BCUT2D eigenvalue weighted by atomic mass is 10.1. The van der Waals surface area contributed by atoms with Crippen LogP contribution in [0, 0.1) is 10.1 Å². The Bertz CT molecular complexity index is 1310. The first kappa shape index (κ1) is 17.6. The smallest absolute Gasteiger partial charge is 0.270 e. The van der Waals surface area contributed by atoms with Crippen molar-refractivity contribution in [2.24, 2.45) is 0 Å². The second-order valence-electron chi connectivity index (χ2n) is 5.84. The third-order valence-electron chi connectivity index (χ3n) is 4.10. The number of benzene rings is 2. The van der Waals surface area contributed by atoms with Gasteiger partial charge in [0, 0.05) is 29.1 Å². The van der Waals surface area contributed by atoms with Gasteiger partial charge in [-0.25, -0.2) is 4.98 Å². The highest BCUT2D eigenvalue weighted by atomic mass is 32.1. The molecular weight excluding hydrogens is 384 g/mol. The van der Waals surface area contributed by atoms with Crippen LogP contribution in [0.5, 0.6) is 5.75 Å². The lowest BCUT2D eigenvalue weighted by Gasteiger charge is -2.06. The standard InChI is InChI=1S/C18H12N4O5S/c1-27-10-3-5-14-15(7-10)28-18(20-14)21-17(24)12-8-16(23)19-13-4-2-9(22(25)26)6-11(12)13/h2-8H,1H3,(H,19,23)(H,20,21,24). The van der Waals surface area contributed by atoms with E-state index in [9.17, 15) is 19.7 Å². The molecule has 1 amide bonds. The summed E-state index contributed by atoms with van der Waals surface area (Å²) in [5, 5.41) is 14.3. The van der Waals surface area contributed by atoms with E-state index in [1.807, 2.05) is 0 Å². The van der Waals surface area contributed by atoms with Crippen LogP contribution in [0.25, 0.3) is 21.1 Å². The first-order valence-corrected chi connectivity index (χ1v) is 8.83. The molecule has 0 aliphatic heterocycles. The molecule has 4 rings (SSSR count). The number of aromatic nitrogens is 2. The minimum absolute atomic E-state index is 0.0271. The quantitative estimate of drug-likeness (QED) is 0.402. The molecule has 0 atom stereocenters. The number of rotatable bonds is 4. The molecule has 0 fully saturated rings. The van der Waals surface area contributed by atoms with Gasteiger partial charge in [0.05, 0.1) is 27.8 Å². The largest absolute Gasteiger partial charge is 0.497 e. The first-order valence-electron chi connectivity index (χ1n) is 8.02. The highest BCUT2D eigenvalue weighted by Crippen LogP contribution is 2.30. The van der Waals surface area contributed by atoms with Crippen LogP contribution >= 0.6 is 11.3 Å². The number of non-ortho nitro benzene ring substituents is 1. The SMILES string of the molecule is COc1ccc2nc(NC(=O)c3cc(=O)[nH]c4ccc([N+](=O)[O-])cc34)sc2c1. The van der Waals surface area contributed by atoms with Crippen LogP contribution in [0.1, 0.15) is 10.4 Å². The zero-order chi connectivity index (χ0) is 19.8. The predicted molar refractivity (Wildman–Crippen MR) is 105 cm³/mol. The van der Waals surface area contributed by atoms with E-state index in [0.717, 1.165) is 10.8 Å². The maximum atomic E-state index is 12.8. The van der Waals surface area contributed by atoms with Crippen molar-refractivity contribution in [1.29, 1.82) is 0 Å². The summed E-state index contributed by atoms with van der Waals surface area (Å²) in [6.45, 7) is 0. The van der Waals surface area contributed by atoms with Crippen molar-refractivity contribution >= 4 is 49.2 Å². The summed E-state index contributed by atoms with van der Waals surface area (Å²) in [6, 6.07) is 10.4. The van der Waals surface area contributed by atoms with E-state index >= 15 is 0 Å². The van der Waals surface area contributed by atoms with E-state index < -0.39 is 16.4 Å². The highest BCUT2D eigenvalue weighted by Gasteiger charge is 2.17. The third-order valence-corrected chi connectivity index (χ3v) is 5.03. The molecule has 0 aliphatic carbocycles. The Balaban J connectivity index is 1.75. The Morgan fingerprint density at radius 3 is 2.82 bits per heavy atom. The number of carbonyl (C=O) groups is 1. The van der Waals surface area contributed by atoms with Crippen LogP contribution in [-0.2, 0) is 0 Å². The molecule has 2 aromatic carbocycles. The van der Waals surface area contributed by atoms with Crippen LogP contribution < -0.4 is 15.6 Å². The normalized spacial score (nSPS) is 10.9. The summed E-state index contributed by atoms with van der Waals surface area (Å²) in [5.41, 5.74) is 0.380. The summed E-state index contributed by atoms with van der Waals surface area (Å²) in [5.74, 6) is 0.0875. The number of fused-ring (bicyclic) bond motifs is 2. The molecule has 0 spiro atoms. The molecular formula is C18H12N4O5S. The van der Waals surface area contributed by atoms with Gasteiger partial charge >= 0.3 is 0 Å². The van der Waals surface area contributed by atoms with Gasteiger partial charge in [0.1, 0.15) is 5.75 Å². The van der Waals surface area contributed by atoms with Gasteiger partial charge in [0.2, 0.25) is 5.56 Å². The first-order chi connectivity index (χ1) is 13.4. The van der Waals surface area contributed by atoms with E-state index in [1.54, 1.807) is 25.3 Å². The van der Waals surface area contributed by atoms with E-state index in [2.05, 4.69) is 15.3 Å². The number of nitro groups is 1. The maximum Gasteiger partial charge on any atom is 0.270 e. The van der Waals surface area contributed by atoms with Gasteiger partial charge in [-0.05, 0) is 24.3 Å². The van der Waals surface area contributed by atoms with Crippen LogP contribution in [0.4, 0.5) is 10.8 Å². The molecule has 0 bridgehead atoms. The minimum atomic E-state index is -0.581. The average Bonchev–Trinajstić information content (AvgIpc) is 3.07. The number of nitrogens with one attached hydrogen (secondary N) is 2.